The van der Waals surface area contributed by atoms with Gasteiger partial charge in [0, 0.05) is 19.6 Å². The molecule has 21 heavy (non-hydrogen) atoms. The van der Waals surface area contributed by atoms with Crippen molar-refractivity contribution in [3.05, 3.63) is 12.1 Å². The van der Waals surface area contributed by atoms with E-state index in [-0.39, 0.29) is 0 Å². The number of hydrogen-bond acceptors (Lipinski definition) is 6. The molecule has 2 aromatic rings. The fraction of sp³-hybridized carbons (Fsp3) is 0.462. The van der Waals surface area contributed by atoms with Crippen molar-refractivity contribution < 1.29 is 9.37 Å². The lowest BCUT2D eigenvalue weighted by molar-refractivity contribution is 0.123. The van der Waals surface area contributed by atoms with E-state index in [1.807, 2.05) is 19.1 Å². The van der Waals surface area contributed by atoms with Gasteiger partial charge in [-0.1, -0.05) is 0 Å². The lowest BCUT2D eigenvalue weighted by Crippen LogP contribution is -2.36. The summed E-state index contributed by atoms with van der Waals surface area (Å²) in [4.78, 5) is 2.22. The quantitative estimate of drug-likeness (QED) is 0.824. The molecule has 3 rings (SSSR count). The number of hydrogen-bond donors (Lipinski definition) is 2. The largest absolute Gasteiger partial charge is 0.378 e. The van der Waals surface area contributed by atoms with E-state index in [0.717, 1.165) is 49.7 Å². The highest BCUT2D eigenvalue weighted by Crippen LogP contribution is 2.30. The standard InChI is InChI=1S/C13H17N5O2S/c1-2-14-13(21)15-9-3-4-10(12-11(9)16-20-17-12)18-5-7-19-8-6-18/h3-4H,2,5-8H2,1H3,(H2,14,15,21). The Bertz CT molecular complexity index is 639. The molecule has 0 aliphatic carbocycles. The predicted octanol–water partition coefficient (Wildman–Crippen LogP) is 1.37. The molecule has 112 valence electrons. The smallest absolute Gasteiger partial charge is 0.170 e. The summed E-state index contributed by atoms with van der Waals surface area (Å²) >= 11 is 5.20. The first kappa shape index (κ1) is 14.0. The van der Waals surface area contributed by atoms with Gasteiger partial charge in [-0.15, -0.1) is 0 Å². The molecule has 0 radical (unpaired) electrons. The molecule has 1 saturated heterocycles. The highest BCUT2D eigenvalue weighted by atomic mass is 32.1. The third kappa shape index (κ3) is 2.91. The Morgan fingerprint density at radius 2 is 2.05 bits per heavy atom. The Kier molecular flexibility index (Phi) is 4.16. The molecule has 2 N–H and O–H groups in total. The molecule has 1 aromatic heterocycles. The highest BCUT2D eigenvalue weighted by molar-refractivity contribution is 7.80. The van der Waals surface area contributed by atoms with Crippen LogP contribution in [0.2, 0.25) is 0 Å². The number of anilines is 2. The van der Waals surface area contributed by atoms with E-state index in [9.17, 15) is 0 Å². The molecule has 2 heterocycles. The van der Waals surface area contributed by atoms with Crippen LogP contribution < -0.4 is 15.5 Å². The Hall–Kier alpha value is -1.93. The number of ether oxygens (including phenoxy) is 1. The van der Waals surface area contributed by atoms with Crippen LogP contribution in [0.3, 0.4) is 0 Å². The van der Waals surface area contributed by atoms with Crippen molar-refractivity contribution in [3.8, 4) is 0 Å². The van der Waals surface area contributed by atoms with Crippen LogP contribution in [-0.4, -0.2) is 48.3 Å². The molecule has 1 aromatic carbocycles. The van der Waals surface area contributed by atoms with Crippen molar-refractivity contribution in [2.24, 2.45) is 0 Å². The highest BCUT2D eigenvalue weighted by Gasteiger charge is 2.19. The van der Waals surface area contributed by atoms with Gasteiger partial charge in [0.25, 0.3) is 0 Å². The first-order valence-electron chi connectivity index (χ1n) is 6.92. The minimum Gasteiger partial charge on any atom is -0.378 e. The van der Waals surface area contributed by atoms with E-state index in [0.29, 0.717) is 10.6 Å². The van der Waals surface area contributed by atoms with Gasteiger partial charge in [0.15, 0.2) is 16.1 Å². The molecular weight excluding hydrogens is 290 g/mol. The first-order chi connectivity index (χ1) is 10.3. The van der Waals surface area contributed by atoms with Crippen LogP contribution in [0.25, 0.3) is 11.0 Å². The average molecular weight is 307 g/mol. The van der Waals surface area contributed by atoms with E-state index in [2.05, 4.69) is 25.8 Å². The van der Waals surface area contributed by atoms with E-state index in [1.54, 1.807) is 0 Å². The number of rotatable bonds is 3. The zero-order valence-electron chi connectivity index (χ0n) is 11.8. The number of morpholine rings is 1. The summed E-state index contributed by atoms with van der Waals surface area (Å²) in [6.45, 7) is 5.87. The molecule has 0 atom stereocenters. The second kappa shape index (κ2) is 6.23. The Balaban J connectivity index is 1.91. The molecule has 0 unspecified atom stereocenters. The van der Waals surface area contributed by atoms with E-state index >= 15 is 0 Å². The van der Waals surface area contributed by atoms with Crippen molar-refractivity contribution in [1.82, 2.24) is 15.6 Å². The Morgan fingerprint density at radius 1 is 1.29 bits per heavy atom. The monoisotopic (exact) mass is 307 g/mol. The molecule has 1 aliphatic rings. The van der Waals surface area contributed by atoms with Crippen molar-refractivity contribution in [2.45, 2.75) is 6.92 Å². The maximum absolute atomic E-state index is 5.38. The molecule has 0 amide bonds. The number of benzene rings is 1. The van der Waals surface area contributed by atoms with Crippen LogP contribution in [0, 0.1) is 0 Å². The van der Waals surface area contributed by atoms with Gasteiger partial charge in [-0.25, -0.2) is 4.63 Å². The summed E-state index contributed by atoms with van der Waals surface area (Å²) in [5, 5.41) is 14.7. The third-order valence-corrected chi connectivity index (χ3v) is 3.58. The Morgan fingerprint density at radius 3 is 2.81 bits per heavy atom. The number of fused-ring (bicyclic) bond motifs is 1. The van der Waals surface area contributed by atoms with Crippen LogP contribution in [0.5, 0.6) is 0 Å². The number of nitrogens with one attached hydrogen (secondary N) is 2. The molecule has 0 saturated carbocycles. The van der Waals surface area contributed by atoms with Gasteiger partial charge in [0.05, 0.1) is 24.6 Å². The summed E-state index contributed by atoms with van der Waals surface area (Å²) < 4.78 is 10.3. The minimum absolute atomic E-state index is 0.556. The lowest BCUT2D eigenvalue weighted by atomic mass is 10.2. The van der Waals surface area contributed by atoms with Crippen molar-refractivity contribution in [1.29, 1.82) is 0 Å². The number of nitrogens with zero attached hydrogens (tertiary/aromatic N) is 3. The van der Waals surface area contributed by atoms with Gasteiger partial charge in [-0.2, -0.15) is 0 Å². The second-order valence-electron chi connectivity index (χ2n) is 4.68. The summed E-state index contributed by atoms with van der Waals surface area (Å²) in [5.41, 5.74) is 3.21. The van der Waals surface area contributed by atoms with Gasteiger partial charge in [0.2, 0.25) is 0 Å². The first-order valence-corrected chi connectivity index (χ1v) is 7.33. The summed E-state index contributed by atoms with van der Waals surface area (Å²) in [5.74, 6) is 0. The average Bonchev–Trinajstić information content (AvgIpc) is 2.98. The number of thiocarbonyl (C=S) groups is 1. The maximum Gasteiger partial charge on any atom is 0.170 e. The van der Waals surface area contributed by atoms with E-state index in [4.69, 9.17) is 21.6 Å². The fourth-order valence-corrected chi connectivity index (χ4v) is 2.60. The van der Waals surface area contributed by atoms with Gasteiger partial charge in [-0.3, -0.25) is 0 Å². The molecule has 7 nitrogen and oxygen atoms in total. The molecule has 1 aliphatic heterocycles. The van der Waals surface area contributed by atoms with Crippen LogP contribution in [0.15, 0.2) is 16.8 Å². The molecule has 8 heteroatoms. The molecule has 0 spiro atoms. The zero-order valence-corrected chi connectivity index (χ0v) is 12.6. The van der Waals surface area contributed by atoms with Crippen LogP contribution >= 0.6 is 12.2 Å². The second-order valence-corrected chi connectivity index (χ2v) is 5.09. The van der Waals surface area contributed by atoms with Gasteiger partial charge < -0.3 is 20.3 Å². The van der Waals surface area contributed by atoms with Gasteiger partial charge in [0.1, 0.15) is 0 Å². The normalized spacial score (nSPS) is 15.2. The van der Waals surface area contributed by atoms with Crippen LogP contribution in [0.1, 0.15) is 6.92 Å². The van der Waals surface area contributed by atoms with E-state index in [1.165, 1.54) is 0 Å². The zero-order chi connectivity index (χ0) is 14.7. The Labute approximate surface area is 127 Å². The SMILES string of the molecule is CCNC(=S)Nc1ccc(N2CCOCC2)c2nonc12. The third-order valence-electron chi connectivity index (χ3n) is 3.33. The van der Waals surface area contributed by atoms with Gasteiger partial charge >= 0.3 is 0 Å². The van der Waals surface area contributed by atoms with Crippen LogP contribution in [0.4, 0.5) is 11.4 Å². The molecular formula is C13H17N5O2S. The van der Waals surface area contributed by atoms with E-state index < -0.39 is 0 Å². The summed E-state index contributed by atoms with van der Waals surface area (Å²) in [6.07, 6.45) is 0. The fourth-order valence-electron chi connectivity index (χ4n) is 2.34. The predicted molar refractivity (Wildman–Crippen MR) is 84.7 cm³/mol. The molecule has 0 bridgehead atoms. The summed E-state index contributed by atoms with van der Waals surface area (Å²) in [6, 6.07) is 3.95. The van der Waals surface area contributed by atoms with Crippen molar-refractivity contribution in [2.75, 3.05) is 43.1 Å². The molecule has 1 fully saturated rings. The minimum atomic E-state index is 0.556. The topological polar surface area (TPSA) is 75.5 Å². The van der Waals surface area contributed by atoms with Crippen molar-refractivity contribution in [3.63, 3.8) is 0 Å². The number of aromatic nitrogens is 2. The lowest BCUT2D eigenvalue weighted by Gasteiger charge is -2.28. The summed E-state index contributed by atoms with van der Waals surface area (Å²) in [7, 11) is 0. The maximum atomic E-state index is 5.38. The van der Waals surface area contributed by atoms with Gasteiger partial charge in [-0.05, 0) is 41.6 Å². The van der Waals surface area contributed by atoms with Crippen molar-refractivity contribution >= 4 is 39.7 Å². The van der Waals surface area contributed by atoms with Crippen LogP contribution in [-0.2, 0) is 4.74 Å².